The summed E-state index contributed by atoms with van der Waals surface area (Å²) in [6, 6.07) is 9.74. The SMILES string of the molecule is O=C1C2C3CCCN3C3(C(=O)Nc4c(Cl)cccc43)C2C(=O)N1c1cc(Cl)cc(Cl)c1. The van der Waals surface area contributed by atoms with E-state index in [0.29, 0.717) is 38.6 Å². The highest BCUT2D eigenvalue weighted by Gasteiger charge is 2.74. The lowest BCUT2D eigenvalue weighted by molar-refractivity contribution is -0.135. The van der Waals surface area contributed by atoms with Crippen LogP contribution in [0.1, 0.15) is 18.4 Å². The van der Waals surface area contributed by atoms with Gasteiger partial charge in [0, 0.05) is 21.7 Å². The van der Waals surface area contributed by atoms with Gasteiger partial charge in [-0.1, -0.05) is 46.9 Å². The van der Waals surface area contributed by atoms with E-state index in [1.807, 2.05) is 6.07 Å². The molecule has 9 heteroatoms. The van der Waals surface area contributed by atoms with Crippen LogP contribution < -0.4 is 10.2 Å². The Hall–Kier alpha value is -2.12. The Labute approximate surface area is 193 Å². The first-order chi connectivity index (χ1) is 14.9. The van der Waals surface area contributed by atoms with Crippen molar-refractivity contribution in [3.8, 4) is 0 Å². The van der Waals surface area contributed by atoms with Gasteiger partial charge in [-0.25, -0.2) is 4.90 Å². The summed E-state index contributed by atoms with van der Waals surface area (Å²) in [6.07, 6.45) is 1.60. The molecule has 4 atom stereocenters. The molecule has 3 amide bonds. The number of hydrogen-bond donors (Lipinski definition) is 1. The molecule has 3 fully saturated rings. The molecule has 4 aliphatic heterocycles. The van der Waals surface area contributed by atoms with Gasteiger partial charge in [-0.05, 0) is 43.7 Å². The summed E-state index contributed by atoms with van der Waals surface area (Å²) in [6.45, 7) is 0.639. The Kier molecular flexibility index (Phi) is 4.07. The van der Waals surface area contributed by atoms with Gasteiger partial charge in [0.25, 0.3) is 5.91 Å². The van der Waals surface area contributed by atoms with Crippen LogP contribution in [-0.2, 0) is 19.9 Å². The zero-order valence-electron chi connectivity index (χ0n) is 16.1. The van der Waals surface area contributed by atoms with Crippen molar-refractivity contribution >= 4 is 63.9 Å². The monoisotopic (exact) mass is 475 g/mol. The van der Waals surface area contributed by atoms with Crippen LogP contribution in [0.25, 0.3) is 0 Å². The Bertz CT molecular complexity index is 1180. The predicted molar refractivity (Wildman–Crippen MR) is 117 cm³/mol. The lowest BCUT2D eigenvalue weighted by Gasteiger charge is -2.36. The maximum absolute atomic E-state index is 13.8. The first-order valence-corrected chi connectivity index (χ1v) is 11.2. The Balaban J connectivity index is 1.57. The van der Waals surface area contributed by atoms with Crippen molar-refractivity contribution in [3.05, 3.63) is 57.0 Å². The number of halogens is 3. The van der Waals surface area contributed by atoms with E-state index in [2.05, 4.69) is 10.2 Å². The molecule has 0 radical (unpaired) electrons. The second-order valence-corrected chi connectivity index (χ2v) is 9.71. The molecular weight excluding hydrogens is 461 g/mol. The number of carbonyl (C=O) groups is 3. The molecule has 0 aromatic heterocycles. The zero-order valence-corrected chi connectivity index (χ0v) is 18.3. The van der Waals surface area contributed by atoms with E-state index in [1.165, 1.54) is 0 Å². The zero-order chi connectivity index (χ0) is 21.7. The molecule has 158 valence electrons. The van der Waals surface area contributed by atoms with Crippen molar-refractivity contribution in [3.63, 3.8) is 0 Å². The minimum absolute atomic E-state index is 0.197. The molecule has 0 aliphatic carbocycles. The van der Waals surface area contributed by atoms with Crippen molar-refractivity contribution in [2.75, 3.05) is 16.8 Å². The van der Waals surface area contributed by atoms with Crippen molar-refractivity contribution < 1.29 is 14.4 Å². The number of para-hydroxylation sites is 1. The standard InChI is InChI=1S/C22H16Cl3N3O3/c23-10-7-11(24)9-12(8-10)28-19(29)16-15-5-2-6-27(15)22(17(16)20(28)30)13-3-1-4-14(25)18(13)26-21(22)31/h1,3-4,7-9,15-17H,2,5-6H2,(H,26,31). The summed E-state index contributed by atoms with van der Waals surface area (Å²) in [7, 11) is 0. The second-order valence-electron chi connectivity index (χ2n) is 8.43. The normalized spacial score (nSPS) is 31.4. The van der Waals surface area contributed by atoms with Crippen LogP contribution in [0, 0.1) is 11.8 Å². The van der Waals surface area contributed by atoms with Crippen LogP contribution in [0.2, 0.25) is 15.1 Å². The van der Waals surface area contributed by atoms with E-state index in [1.54, 1.807) is 30.3 Å². The molecule has 31 heavy (non-hydrogen) atoms. The minimum atomic E-state index is -1.25. The molecule has 6 rings (SSSR count). The molecule has 1 spiro atoms. The Morgan fingerprint density at radius 2 is 1.74 bits per heavy atom. The molecule has 1 N–H and O–H groups in total. The van der Waals surface area contributed by atoms with Crippen molar-refractivity contribution in [1.29, 1.82) is 0 Å². The number of carbonyl (C=O) groups excluding carboxylic acids is 3. The van der Waals surface area contributed by atoms with Gasteiger partial charge in [0.2, 0.25) is 11.8 Å². The van der Waals surface area contributed by atoms with Crippen LogP contribution in [-0.4, -0.2) is 35.2 Å². The average molecular weight is 477 g/mol. The second kappa shape index (κ2) is 6.45. The lowest BCUT2D eigenvalue weighted by atomic mass is 9.75. The maximum atomic E-state index is 13.8. The molecule has 2 aromatic rings. The minimum Gasteiger partial charge on any atom is -0.323 e. The summed E-state index contributed by atoms with van der Waals surface area (Å²) in [4.78, 5) is 44.2. The molecule has 3 saturated heterocycles. The molecule has 4 unspecified atom stereocenters. The van der Waals surface area contributed by atoms with Gasteiger partial charge in [0.05, 0.1) is 28.2 Å². The molecule has 4 aliphatic rings. The van der Waals surface area contributed by atoms with Gasteiger partial charge in [0.15, 0.2) is 0 Å². The van der Waals surface area contributed by atoms with Crippen LogP contribution in [0.15, 0.2) is 36.4 Å². The number of anilines is 2. The van der Waals surface area contributed by atoms with Gasteiger partial charge in [-0.3, -0.25) is 19.3 Å². The number of nitrogens with one attached hydrogen (secondary N) is 1. The molecule has 6 nitrogen and oxygen atoms in total. The van der Waals surface area contributed by atoms with Gasteiger partial charge in [-0.15, -0.1) is 0 Å². The van der Waals surface area contributed by atoms with Gasteiger partial charge in [0.1, 0.15) is 5.54 Å². The fourth-order valence-electron chi connectivity index (χ4n) is 6.12. The van der Waals surface area contributed by atoms with E-state index >= 15 is 0 Å². The maximum Gasteiger partial charge on any atom is 0.250 e. The largest absolute Gasteiger partial charge is 0.323 e. The summed E-state index contributed by atoms with van der Waals surface area (Å²) in [5.74, 6) is -2.50. The molecule has 4 heterocycles. The third-order valence-corrected chi connectivity index (χ3v) is 7.83. The fourth-order valence-corrected chi connectivity index (χ4v) is 6.85. The summed E-state index contributed by atoms with van der Waals surface area (Å²) in [5, 5.41) is 3.96. The smallest absolute Gasteiger partial charge is 0.250 e. The average Bonchev–Trinajstić information content (AvgIpc) is 3.40. The highest BCUT2D eigenvalue weighted by molar-refractivity contribution is 6.36. The van der Waals surface area contributed by atoms with E-state index in [0.717, 1.165) is 17.7 Å². The van der Waals surface area contributed by atoms with Crippen molar-refractivity contribution in [2.45, 2.75) is 24.4 Å². The van der Waals surface area contributed by atoms with E-state index in [-0.39, 0.29) is 17.9 Å². The molecule has 0 bridgehead atoms. The highest BCUT2D eigenvalue weighted by Crippen LogP contribution is 2.61. The quantitative estimate of drug-likeness (QED) is 0.630. The fraction of sp³-hybridized carbons (Fsp3) is 0.318. The summed E-state index contributed by atoms with van der Waals surface area (Å²) in [5.41, 5.74) is 0.253. The topological polar surface area (TPSA) is 69.7 Å². The molecule has 0 saturated carbocycles. The third-order valence-electron chi connectivity index (χ3n) is 7.08. The number of benzene rings is 2. The van der Waals surface area contributed by atoms with Crippen LogP contribution in [0.3, 0.4) is 0 Å². The first kappa shape index (κ1) is 19.6. The van der Waals surface area contributed by atoms with Crippen molar-refractivity contribution in [1.82, 2.24) is 4.90 Å². The van der Waals surface area contributed by atoms with E-state index in [9.17, 15) is 14.4 Å². The number of imide groups is 1. The predicted octanol–water partition coefficient (Wildman–Crippen LogP) is 4.08. The first-order valence-electron chi connectivity index (χ1n) is 10.1. The van der Waals surface area contributed by atoms with Crippen LogP contribution in [0.5, 0.6) is 0 Å². The van der Waals surface area contributed by atoms with Crippen LogP contribution in [0.4, 0.5) is 11.4 Å². The highest BCUT2D eigenvalue weighted by atomic mass is 35.5. The van der Waals surface area contributed by atoms with Gasteiger partial charge in [-0.2, -0.15) is 0 Å². The number of amides is 3. The number of nitrogens with zero attached hydrogens (tertiary/aromatic N) is 2. The Morgan fingerprint density at radius 1 is 1.00 bits per heavy atom. The lowest BCUT2D eigenvalue weighted by Crippen LogP contribution is -2.54. The number of rotatable bonds is 1. The third kappa shape index (κ3) is 2.31. The van der Waals surface area contributed by atoms with Gasteiger partial charge < -0.3 is 5.32 Å². The van der Waals surface area contributed by atoms with Gasteiger partial charge >= 0.3 is 0 Å². The Morgan fingerprint density at radius 3 is 2.48 bits per heavy atom. The van der Waals surface area contributed by atoms with E-state index in [4.69, 9.17) is 34.8 Å². The van der Waals surface area contributed by atoms with Crippen molar-refractivity contribution in [2.24, 2.45) is 11.8 Å². The summed E-state index contributed by atoms with van der Waals surface area (Å²) < 4.78 is 0. The number of fused-ring (bicyclic) bond motifs is 7. The number of hydrogen-bond acceptors (Lipinski definition) is 4. The van der Waals surface area contributed by atoms with Crippen LogP contribution >= 0.6 is 34.8 Å². The van der Waals surface area contributed by atoms with E-state index < -0.39 is 23.3 Å². The molecular formula is C22H16Cl3N3O3. The summed E-state index contributed by atoms with van der Waals surface area (Å²) >= 11 is 18.7. The molecule has 2 aromatic carbocycles.